The first kappa shape index (κ1) is 22.3. The number of nitrogens with zero attached hydrogens (tertiary/aromatic N) is 1. The number of nitrogens with one attached hydrogen (secondary N) is 2. The van der Waals surface area contributed by atoms with Crippen LogP contribution in [0.15, 0.2) is 66.7 Å². The number of amides is 2. The number of hydrogen-bond acceptors (Lipinski definition) is 3. The highest BCUT2D eigenvalue weighted by Gasteiger charge is 2.21. The third-order valence-electron chi connectivity index (χ3n) is 5.38. The Hall–Kier alpha value is -3.34. The smallest absolute Gasteiger partial charge is 0.251 e. The van der Waals surface area contributed by atoms with Crippen molar-refractivity contribution in [3.63, 3.8) is 0 Å². The highest BCUT2D eigenvalue weighted by Crippen LogP contribution is 2.22. The van der Waals surface area contributed by atoms with E-state index in [1.807, 2.05) is 79.7 Å². The zero-order chi connectivity index (χ0) is 22.2. The van der Waals surface area contributed by atoms with Gasteiger partial charge in [0.1, 0.15) is 6.04 Å². The third-order valence-corrected chi connectivity index (χ3v) is 5.38. The third kappa shape index (κ3) is 6.07. The maximum absolute atomic E-state index is 12.9. The first-order valence-electron chi connectivity index (χ1n) is 10.8. The molecule has 162 valence electrons. The number of carbonyl (C=O) groups is 2. The minimum Gasteiger partial charge on any atom is -0.378 e. The van der Waals surface area contributed by atoms with Gasteiger partial charge in [0, 0.05) is 31.9 Å². The van der Waals surface area contributed by atoms with Gasteiger partial charge in [-0.05, 0) is 47.0 Å². The van der Waals surface area contributed by atoms with Gasteiger partial charge in [0.05, 0.1) is 0 Å². The van der Waals surface area contributed by atoms with E-state index in [0.29, 0.717) is 18.5 Å². The second-order valence-corrected chi connectivity index (χ2v) is 8.01. The highest BCUT2D eigenvalue weighted by molar-refractivity contribution is 6.01. The summed E-state index contributed by atoms with van der Waals surface area (Å²) < 4.78 is 0. The summed E-state index contributed by atoms with van der Waals surface area (Å²) in [7, 11) is 4.00. The first-order chi connectivity index (χ1) is 15.0. The molecule has 0 unspecified atom stereocenters. The number of benzene rings is 3. The average molecular weight is 418 g/mol. The minimum absolute atomic E-state index is 0.151. The lowest BCUT2D eigenvalue weighted by Gasteiger charge is -2.19. The van der Waals surface area contributed by atoms with Crippen LogP contribution in [-0.4, -0.2) is 32.0 Å². The Morgan fingerprint density at radius 1 is 0.935 bits per heavy atom. The van der Waals surface area contributed by atoms with Gasteiger partial charge in [-0.1, -0.05) is 62.2 Å². The van der Waals surface area contributed by atoms with Crippen molar-refractivity contribution in [3.8, 4) is 0 Å². The van der Waals surface area contributed by atoms with Crippen molar-refractivity contribution in [2.24, 2.45) is 0 Å². The van der Waals surface area contributed by atoms with Gasteiger partial charge in [-0.3, -0.25) is 9.59 Å². The number of hydrogen-bond donors (Lipinski definition) is 2. The molecule has 0 bridgehead atoms. The van der Waals surface area contributed by atoms with E-state index < -0.39 is 6.04 Å². The standard InChI is InChI=1S/C26H31N3O2/c1-4-5-11-24(26(31)27-18-19-9-7-6-8-10-19)28-25(30)22-13-12-21-17-23(29(2)3)15-14-20(21)16-22/h6-10,12-17,24H,4-5,11,18H2,1-3H3,(H,27,31)(H,28,30)/t24-/m0/s1. The Bertz CT molecular complexity index is 1030. The van der Waals surface area contributed by atoms with Crippen molar-refractivity contribution in [3.05, 3.63) is 77.9 Å². The molecular weight excluding hydrogens is 386 g/mol. The lowest BCUT2D eigenvalue weighted by Crippen LogP contribution is -2.46. The Kier molecular flexibility index (Phi) is 7.65. The van der Waals surface area contributed by atoms with Crippen LogP contribution in [0.4, 0.5) is 5.69 Å². The molecule has 31 heavy (non-hydrogen) atoms. The van der Waals surface area contributed by atoms with Gasteiger partial charge in [0.15, 0.2) is 0 Å². The van der Waals surface area contributed by atoms with Crippen LogP contribution in [0.5, 0.6) is 0 Å². The first-order valence-corrected chi connectivity index (χ1v) is 10.8. The van der Waals surface area contributed by atoms with Crippen LogP contribution >= 0.6 is 0 Å². The molecular formula is C26H31N3O2. The topological polar surface area (TPSA) is 61.4 Å². The van der Waals surface area contributed by atoms with Crippen LogP contribution in [0, 0.1) is 0 Å². The van der Waals surface area contributed by atoms with Crippen molar-refractivity contribution < 1.29 is 9.59 Å². The molecule has 5 heteroatoms. The summed E-state index contributed by atoms with van der Waals surface area (Å²) in [5.74, 6) is -0.378. The molecule has 1 atom stereocenters. The monoisotopic (exact) mass is 417 g/mol. The maximum Gasteiger partial charge on any atom is 0.251 e. The van der Waals surface area contributed by atoms with E-state index in [2.05, 4.69) is 23.6 Å². The average Bonchev–Trinajstić information content (AvgIpc) is 2.79. The number of anilines is 1. The van der Waals surface area contributed by atoms with Gasteiger partial charge >= 0.3 is 0 Å². The van der Waals surface area contributed by atoms with Crippen LogP contribution < -0.4 is 15.5 Å². The summed E-state index contributed by atoms with van der Waals surface area (Å²) in [6.45, 7) is 2.52. The van der Waals surface area contributed by atoms with E-state index in [1.165, 1.54) is 0 Å². The molecule has 0 aliphatic heterocycles. The van der Waals surface area contributed by atoms with E-state index in [-0.39, 0.29) is 11.8 Å². The Morgan fingerprint density at radius 3 is 2.35 bits per heavy atom. The molecule has 0 saturated carbocycles. The molecule has 0 aliphatic rings. The van der Waals surface area contributed by atoms with Crippen LogP contribution in [0.1, 0.15) is 42.1 Å². The Morgan fingerprint density at radius 2 is 1.65 bits per heavy atom. The molecule has 3 rings (SSSR count). The van der Waals surface area contributed by atoms with E-state index in [1.54, 1.807) is 0 Å². The van der Waals surface area contributed by atoms with Gasteiger partial charge < -0.3 is 15.5 Å². The van der Waals surface area contributed by atoms with Crippen molar-refractivity contribution in [1.82, 2.24) is 10.6 Å². The zero-order valence-electron chi connectivity index (χ0n) is 18.5. The minimum atomic E-state index is -0.553. The molecule has 0 radical (unpaired) electrons. The van der Waals surface area contributed by atoms with Gasteiger partial charge in [-0.25, -0.2) is 0 Å². The molecule has 2 amide bonds. The molecule has 0 heterocycles. The molecule has 0 fully saturated rings. The number of fused-ring (bicyclic) bond motifs is 1. The summed E-state index contributed by atoms with van der Waals surface area (Å²) >= 11 is 0. The fourth-order valence-corrected chi connectivity index (χ4v) is 3.48. The molecule has 0 aromatic heterocycles. The van der Waals surface area contributed by atoms with Crippen molar-refractivity contribution in [1.29, 1.82) is 0 Å². The highest BCUT2D eigenvalue weighted by atomic mass is 16.2. The van der Waals surface area contributed by atoms with Gasteiger partial charge in [0.2, 0.25) is 5.91 Å². The van der Waals surface area contributed by atoms with Crippen LogP contribution in [0.3, 0.4) is 0 Å². The van der Waals surface area contributed by atoms with E-state index in [0.717, 1.165) is 34.9 Å². The second kappa shape index (κ2) is 10.6. The predicted molar refractivity (Wildman–Crippen MR) is 127 cm³/mol. The quantitative estimate of drug-likeness (QED) is 0.538. The molecule has 0 saturated heterocycles. The van der Waals surface area contributed by atoms with Crippen molar-refractivity contribution >= 4 is 28.3 Å². The van der Waals surface area contributed by atoms with Gasteiger partial charge in [-0.2, -0.15) is 0 Å². The predicted octanol–water partition coefficient (Wildman–Crippen LogP) is 4.51. The largest absolute Gasteiger partial charge is 0.378 e. The normalized spacial score (nSPS) is 11.7. The molecule has 2 N–H and O–H groups in total. The fourth-order valence-electron chi connectivity index (χ4n) is 3.48. The molecule has 0 spiro atoms. The second-order valence-electron chi connectivity index (χ2n) is 8.01. The maximum atomic E-state index is 12.9. The number of unbranched alkanes of at least 4 members (excludes halogenated alkanes) is 1. The molecule has 3 aromatic carbocycles. The lowest BCUT2D eigenvalue weighted by molar-refractivity contribution is -0.123. The molecule has 5 nitrogen and oxygen atoms in total. The summed E-state index contributed by atoms with van der Waals surface area (Å²) in [4.78, 5) is 27.7. The van der Waals surface area contributed by atoms with E-state index in [9.17, 15) is 9.59 Å². The van der Waals surface area contributed by atoms with Crippen molar-refractivity contribution in [2.45, 2.75) is 38.8 Å². The lowest BCUT2D eigenvalue weighted by atomic mass is 10.0. The number of rotatable bonds is 9. The fraction of sp³-hybridized carbons (Fsp3) is 0.308. The van der Waals surface area contributed by atoms with Crippen LogP contribution in [0.25, 0.3) is 10.8 Å². The van der Waals surface area contributed by atoms with E-state index in [4.69, 9.17) is 0 Å². The van der Waals surface area contributed by atoms with Gasteiger partial charge in [0.25, 0.3) is 5.91 Å². The summed E-state index contributed by atoms with van der Waals surface area (Å²) in [5, 5.41) is 7.96. The zero-order valence-corrected chi connectivity index (χ0v) is 18.5. The van der Waals surface area contributed by atoms with Crippen LogP contribution in [-0.2, 0) is 11.3 Å². The van der Waals surface area contributed by atoms with Crippen molar-refractivity contribution in [2.75, 3.05) is 19.0 Å². The Labute approximate surface area is 184 Å². The summed E-state index contributed by atoms with van der Waals surface area (Å²) in [6.07, 6.45) is 2.44. The van der Waals surface area contributed by atoms with Gasteiger partial charge in [-0.15, -0.1) is 0 Å². The molecule has 0 aliphatic carbocycles. The van der Waals surface area contributed by atoms with E-state index >= 15 is 0 Å². The SMILES string of the molecule is CCCC[C@H](NC(=O)c1ccc2cc(N(C)C)ccc2c1)C(=O)NCc1ccccc1. The summed E-state index contributed by atoms with van der Waals surface area (Å²) in [6, 6.07) is 21.0. The summed E-state index contributed by atoms with van der Waals surface area (Å²) in [5.41, 5.74) is 2.70. The number of carbonyl (C=O) groups excluding carboxylic acids is 2. The molecule has 3 aromatic rings. The Balaban J connectivity index is 1.70. The van der Waals surface area contributed by atoms with Crippen LogP contribution in [0.2, 0.25) is 0 Å².